The van der Waals surface area contributed by atoms with Crippen molar-refractivity contribution in [1.82, 2.24) is 0 Å². The predicted octanol–water partition coefficient (Wildman–Crippen LogP) is 0.672. The van der Waals surface area contributed by atoms with Gasteiger partial charge in [-0.2, -0.15) is 0 Å². The van der Waals surface area contributed by atoms with Gasteiger partial charge in [-0.25, -0.2) is 0 Å². The molecule has 0 aromatic rings. The van der Waals surface area contributed by atoms with Gasteiger partial charge >= 0.3 is 0 Å². The van der Waals surface area contributed by atoms with Crippen molar-refractivity contribution in [2.24, 2.45) is 11.5 Å². The van der Waals surface area contributed by atoms with E-state index in [0.29, 0.717) is 0 Å². The second-order valence-electron chi connectivity index (χ2n) is 2.73. The zero-order chi connectivity index (χ0) is 7.61. The summed E-state index contributed by atoms with van der Waals surface area (Å²) in [7, 11) is 0. The molecule has 0 aromatic carbocycles. The van der Waals surface area contributed by atoms with E-state index in [-0.39, 0.29) is 0 Å². The molecule has 0 aromatic heterocycles. The van der Waals surface area contributed by atoms with Gasteiger partial charge in [0.2, 0.25) is 0 Å². The van der Waals surface area contributed by atoms with Crippen LogP contribution in [0.5, 0.6) is 0 Å². The normalized spacial score (nSPS) is 31.6. The van der Waals surface area contributed by atoms with E-state index in [0.717, 1.165) is 5.70 Å². The summed E-state index contributed by atoms with van der Waals surface area (Å²) in [6.45, 7) is 1.91. The molecule has 4 N–H and O–H groups in total. The minimum Gasteiger partial charge on any atom is -0.399 e. The second-order valence-corrected chi connectivity index (χ2v) is 2.73. The fourth-order valence-corrected chi connectivity index (χ4v) is 0.885. The summed E-state index contributed by atoms with van der Waals surface area (Å²) in [6, 6.07) is 0. The first-order valence-corrected chi connectivity index (χ1v) is 3.23. The Kier molecular flexibility index (Phi) is 1.64. The quantitative estimate of drug-likeness (QED) is 0.514. The lowest BCUT2D eigenvalue weighted by atomic mass is 10.0. The number of rotatable bonds is 0. The summed E-state index contributed by atoms with van der Waals surface area (Å²) >= 11 is 0. The van der Waals surface area contributed by atoms with E-state index in [2.05, 4.69) is 0 Å². The number of hydrogen-bond acceptors (Lipinski definition) is 2. The largest absolute Gasteiger partial charge is 0.399 e. The molecule has 10 heavy (non-hydrogen) atoms. The minimum absolute atomic E-state index is 0.395. The van der Waals surface area contributed by atoms with Crippen LogP contribution < -0.4 is 11.5 Å². The van der Waals surface area contributed by atoms with Crippen LogP contribution in [0.15, 0.2) is 36.1 Å². The fraction of sp³-hybridized carbons (Fsp3) is 0.250. The topological polar surface area (TPSA) is 52.0 Å². The average Bonchev–Trinajstić information content (AvgIpc) is 1.90. The Labute approximate surface area is 60.9 Å². The van der Waals surface area contributed by atoms with Gasteiger partial charge in [0.05, 0.1) is 5.54 Å². The lowest BCUT2D eigenvalue weighted by Crippen LogP contribution is -2.31. The molecule has 0 spiro atoms. The molecule has 2 nitrogen and oxygen atoms in total. The van der Waals surface area contributed by atoms with E-state index in [9.17, 15) is 0 Å². The highest BCUT2D eigenvalue weighted by Crippen LogP contribution is 2.09. The van der Waals surface area contributed by atoms with Crippen molar-refractivity contribution in [3.05, 3.63) is 36.1 Å². The molecule has 1 atom stereocenters. The van der Waals surface area contributed by atoms with E-state index in [4.69, 9.17) is 11.5 Å². The Morgan fingerprint density at radius 3 is 2.80 bits per heavy atom. The molecular formula is C8H12N2. The standard InChI is InChI=1S/C8H12N2/c1-8(10)5-3-2-4-7(9)6-8/h2-6H,9-10H2,1H3. The molecule has 0 amide bonds. The zero-order valence-electron chi connectivity index (χ0n) is 6.04. The molecule has 1 aliphatic carbocycles. The van der Waals surface area contributed by atoms with Crippen LogP contribution in [0.4, 0.5) is 0 Å². The summed E-state index contributed by atoms with van der Waals surface area (Å²) in [5, 5.41) is 0. The van der Waals surface area contributed by atoms with Crippen LogP contribution in [0, 0.1) is 0 Å². The van der Waals surface area contributed by atoms with Crippen molar-refractivity contribution in [2.45, 2.75) is 12.5 Å². The molecule has 0 saturated heterocycles. The molecule has 0 radical (unpaired) electrons. The maximum Gasteiger partial charge on any atom is 0.0522 e. The smallest absolute Gasteiger partial charge is 0.0522 e. The summed E-state index contributed by atoms with van der Waals surface area (Å²) < 4.78 is 0. The van der Waals surface area contributed by atoms with E-state index in [1.165, 1.54) is 0 Å². The molecular weight excluding hydrogens is 124 g/mol. The molecule has 0 fully saturated rings. The van der Waals surface area contributed by atoms with Gasteiger partial charge in [-0.05, 0) is 19.1 Å². The Morgan fingerprint density at radius 2 is 2.10 bits per heavy atom. The van der Waals surface area contributed by atoms with Crippen molar-refractivity contribution >= 4 is 0 Å². The third kappa shape index (κ3) is 1.74. The Morgan fingerprint density at radius 1 is 1.40 bits per heavy atom. The minimum atomic E-state index is -0.395. The molecule has 0 bridgehead atoms. The molecule has 2 heteroatoms. The Hall–Kier alpha value is -1.02. The lowest BCUT2D eigenvalue weighted by Gasteiger charge is -2.13. The molecule has 0 aliphatic heterocycles. The number of hydrogen-bond donors (Lipinski definition) is 2. The number of allylic oxidation sites excluding steroid dienone is 3. The van der Waals surface area contributed by atoms with Gasteiger partial charge in [-0.3, -0.25) is 0 Å². The summed E-state index contributed by atoms with van der Waals surface area (Å²) in [4.78, 5) is 0. The lowest BCUT2D eigenvalue weighted by molar-refractivity contribution is 0.731. The summed E-state index contributed by atoms with van der Waals surface area (Å²) in [6.07, 6.45) is 9.34. The van der Waals surface area contributed by atoms with Crippen LogP contribution in [0.3, 0.4) is 0 Å². The third-order valence-electron chi connectivity index (χ3n) is 1.33. The second kappa shape index (κ2) is 2.31. The van der Waals surface area contributed by atoms with Crippen LogP contribution in [0.2, 0.25) is 0 Å². The fourth-order valence-electron chi connectivity index (χ4n) is 0.885. The van der Waals surface area contributed by atoms with Crippen LogP contribution >= 0.6 is 0 Å². The zero-order valence-corrected chi connectivity index (χ0v) is 6.04. The SMILES string of the molecule is CC1(N)C=CC=CC(N)=C1. The van der Waals surface area contributed by atoms with Crippen LogP contribution in [-0.2, 0) is 0 Å². The van der Waals surface area contributed by atoms with Crippen molar-refractivity contribution in [2.75, 3.05) is 0 Å². The first-order chi connectivity index (χ1) is 4.60. The monoisotopic (exact) mass is 136 g/mol. The molecule has 0 saturated carbocycles. The highest BCUT2D eigenvalue weighted by Gasteiger charge is 2.10. The van der Waals surface area contributed by atoms with Crippen LogP contribution in [0.1, 0.15) is 6.92 Å². The van der Waals surface area contributed by atoms with E-state index in [1.807, 2.05) is 37.3 Å². The van der Waals surface area contributed by atoms with E-state index >= 15 is 0 Å². The highest BCUT2D eigenvalue weighted by atomic mass is 14.7. The molecule has 1 aliphatic rings. The van der Waals surface area contributed by atoms with Crippen molar-refractivity contribution in [3.63, 3.8) is 0 Å². The van der Waals surface area contributed by atoms with E-state index in [1.54, 1.807) is 0 Å². The van der Waals surface area contributed by atoms with Gasteiger partial charge in [0.15, 0.2) is 0 Å². The molecule has 54 valence electrons. The average molecular weight is 136 g/mol. The Balaban J connectivity index is 2.93. The van der Waals surface area contributed by atoms with Gasteiger partial charge in [0, 0.05) is 5.70 Å². The van der Waals surface area contributed by atoms with Crippen molar-refractivity contribution in [1.29, 1.82) is 0 Å². The van der Waals surface area contributed by atoms with Crippen molar-refractivity contribution in [3.8, 4) is 0 Å². The summed E-state index contributed by atoms with van der Waals surface area (Å²) in [5.74, 6) is 0. The van der Waals surface area contributed by atoms with Crippen molar-refractivity contribution < 1.29 is 0 Å². The first-order valence-electron chi connectivity index (χ1n) is 3.23. The summed E-state index contributed by atoms with van der Waals surface area (Å²) in [5.41, 5.74) is 11.7. The molecule has 1 unspecified atom stereocenters. The van der Waals surface area contributed by atoms with Gasteiger partial charge in [0.1, 0.15) is 0 Å². The van der Waals surface area contributed by atoms with Crippen LogP contribution in [-0.4, -0.2) is 5.54 Å². The highest BCUT2D eigenvalue weighted by molar-refractivity contribution is 5.31. The van der Waals surface area contributed by atoms with Gasteiger partial charge < -0.3 is 11.5 Å². The van der Waals surface area contributed by atoms with E-state index < -0.39 is 5.54 Å². The molecule has 0 heterocycles. The first kappa shape index (κ1) is 7.09. The van der Waals surface area contributed by atoms with Gasteiger partial charge in [-0.1, -0.05) is 18.2 Å². The third-order valence-corrected chi connectivity index (χ3v) is 1.33. The number of nitrogens with two attached hydrogens (primary N) is 2. The maximum absolute atomic E-state index is 5.78. The maximum atomic E-state index is 5.78. The predicted molar refractivity (Wildman–Crippen MR) is 43.1 cm³/mol. The van der Waals surface area contributed by atoms with Gasteiger partial charge in [-0.15, -0.1) is 0 Å². The van der Waals surface area contributed by atoms with Crippen LogP contribution in [0.25, 0.3) is 0 Å². The Bertz CT molecular complexity index is 209. The van der Waals surface area contributed by atoms with Gasteiger partial charge in [0.25, 0.3) is 0 Å². The molecule has 1 rings (SSSR count).